The monoisotopic (exact) mass is 348 g/mol. The maximum atomic E-state index is 11.9. The summed E-state index contributed by atoms with van der Waals surface area (Å²) in [7, 11) is 5.95. The van der Waals surface area contributed by atoms with Gasteiger partial charge in [0.2, 0.25) is 0 Å². The number of ether oxygens (including phenoxy) is 6. The maximum Gasteiger partial charge on any atom is 0.331 e. The van der Waals surface area contributed by atoms with E-state index in [9.17, 15) is 9.59 Å². The highest BCUT2D eigenvalue weighted by atomic mass is 16.6. The Hall–Kier alpha value is -1.48. The van der Waals surface area contributed by atoms with Gasteiger partial charge in [-0.3, -0.25) is 0 Å². The number of hydrogen-bond donors (Lipinski definition) is 0. The Morgan fingerprint density at radius 3 is 1.12 bits per heavy atom. The van der Waals surface area contributed by atoms with Crippen molar-refractivity contribution in [1.29, 1.82) is 0 Å². The van der Waals surface area contributed by atoms with E-state index in [0.29, 0.717) is 0 Å². The van der Waals surface area contributed by atoms with Crippen LogP contribution < -0.4 is 0 Å². The van der Waals surface area contributed by atoms with Gasteiger partial charge in [0.25, 0.3) is 0 Å². The molecule has 0 aromatic heterocycles. The van der Waals surface area contributed by atoms with Crippen molar-refractivity contribution in [3.8, 4) is 0 Å². The van der Waals surface area contributed by atoms with Crippen LogP contribution in [0.2, 0.25) is 0 Å². The van der Waals surface area contributed by atoms with Crippen molar-refractivity contribution in [2.24, 2.45) is 0 Å². The van der Waals surface area contributed by atoms with E-state index in [-0.39, 0.29) is 26.4 Å². The van der Waals surface area contributed by atoms with Crippen molar-refractivity contribution in [3.05, 3.63) is 12.2 Å². The number of rotatable bonds is 12. The number of carbonyl (C=O) groups excluding carboxylic acids is 2. The minimum Gasteiger partial charge on any atom is -0.451 e. The normalized spacial score (nSPS) is 12.4. The quantitative estimate of drug-likeness (QED) is 0.377. The summed E-state index contributed by atoms with van der Waals surface area (Å²) in [4.78, 5) is 23.7. The summed E-state index contributed by atoms with van der Waals surface area (Å²) in [5.74, 6) is -1.41. The average molecular weight is 348 g/mol. The van der Waals surface area contributed by atoms with Crippen LogP contribution in [0.4, 0.5) is 0 Å². The van der Waals surface area contributed by atoms with Crippen molar-refractivity contribution in [2.75, 3.05) is 54.9 Å². The third-order valence-electron chi connectivity index (χ3n) is 2.85. The molecule has 0 aliphatic carbocycles. The third-order valence-corrected chi connectivity index (χ3v) is 2.85. The molecular weight excluding hydrogens is 320 g/mol. The van der Waals surface area contributed by atoms with Crippen LogP contribution >= 0.6 is 0 Å². The van der Waals surface area contributed by atoms with E-state index < -0.39 is 23.1 Å². The molecule has 0 unspecified atom stereocenters. The van der Waals surface area contributed by atoms with Gasteiger partial charge in [-0.05, 0) is 13.8 Å². The number of methoxy groups -OCH3 is 4. The SMILES string of the molecule is COCC(C)(COC)OC(=O)/C=C\C(=O)OC(C)(COC)COC. The lowest BCUT2D eigenvalue weighted by Gasteiger charge is -2.28. The molecule has 0 aliphatic heterocycles. The first-order chi connectivity index (χ1) is 11.2. The second-order valence-electron chi connectivity index (χ2n) is 5.81. The molecule has 0 rings (SSSR count). The first kappa shape index (κ1) is 22.5. The molecule has 0 aromatic carbocycles. The van der Waals surface area contributed by atoms with Crippen molar-refractivity contribution >= 4 is 11.9 Å². The number of hydrogen-bond acceptors (Lipinski definition) is 8. The van der Waals surface area contributed by atoms with Crippen molar-refractivity contribution in [1.82, 2.24) is 0 Å². The first-order valence-corrected chi connectivity index (χ1v) is 7.34. The molecule has 0 saturated carbocycles. The Kier molecular flexibility index (Phi) is 10.5. The fraction of sp³-hybridized carbons (Fsp3) is 0.750. The highest BCUT2D eigenvalue weighted by Crippen LogP contribution is 2.14. The molecule has 0 N–H and O–H groups in total. The fourth-order valence-electron chi connectivity index (χ4n) is 2.11. The molecular formula is C16H28O8. The van der Waals surface area contributed by atoms with E-state index in [2.05, 4.69) is 0 Å². The van der Waals surface area contributed by atoms with Gasteiger partial charge in [-0.2, -0.15) is 0 Å². The van der Waals surface area contributed by atoms with Crippen molar-refractivity contribution in [2.45, 2.75) is 25.0 Å². The van der Waals surface area contributed by atoms with E-state index in [0.717, 1.165) is 12.2 Å². The molecule has 0 radical (unpaired) electrons. The lowest BCUT2D eigenvalue weighted by Crippen LogP contribution is -2.41. The first-order valence-electron chi connectivity index (χ1n) is 7.34. The van der Waals surface area contributed by atoms with Crippen LogP contribution in [0.5, 0.6) is 0 Å². The lowest BCUT2D eigenvalue weighted by molar-refractivity contribution is -0.166. The smallest absolute Gasteiger partial charge is 0.331 e. The van der Waals surface area contributed by atoms with Crippen LogP contribution in [0.3, 0.4) is 0 Å². The Balaban J connectivity index is 4.69. The predicted octanol–water partition coefficient (Wildman–Crippen LogP) is 0.732. The van der Waals surface area contributed by atoms with Crippen LogP contribution in [0.1, 0.15) is 13.8 Å². The minimum absolute atomic E-state index is 0.157. The highest BCUT2D eigenvalue weighted by Gasteiger charge is 2.30. The summed E-state index contributed by atoms with van der Waals surface area (Å²) in [5.41, 5.74) is -1.90. The molecule has 0 heterocycles. The Labute approximate surface area is 143 Å². The molecule has 0 aromatic rings. The fourth-order valence-corrected chi connectivity index (χ4v) is 2.11. The topological polar surface area (TPSA) is 89.5 Å². The lowest BCUT2D eigenvalue weighted by atomic mass is 10.1. The summed E-state index contributed by atoms with van der Waals surface area (Å²) >= 11 is 0. The summed E-state index contributed by atoms with van der Waals surface area (Å²) in [6, 6.07) is 0. The van der Waals surface area contributed by atoms with Crippen LogP contribution in [-0.4, -0.2) is 78.0 Å². The molecule has 0 fully saturated rings. The Morgan fingerprint density at radius 1 is 0.667 bits per heavy atom. The average Bonchev–Trinajstić information content (AvgIpc) is 2.45. The van der Waals surface area contributed by atoms with Gasteiger partial charge in [-0.1, -0.05) is 0 Å². The largest absolute Gasteiger partial charge is 0.451 e. The molecule has 0 amide bonds. The summed E-state index contributed by atoms with van der Waals surface area (Å²) in [6.07, 6.45) is 1.98. The molecule has 140 valence electrons. The zero-order valence-electron chi connectivity index (χ0n) is 15.2. The van der Waals surface area contributed by atoms with Crippen molar-refractivity contribution < 1.29 is 38.0 Å². The van der Waals surface area contributed by atoms with E-state index in [1.54, 1.807) is 13.8 Å². The predicted molar refractivity (Wildman–Crippen MR) is 85.6 cm³/mol. The molecule has 0 spiro atoms. The summed E-state index contributed by atoms with van der Waals surface area (Å²) in [5, 5.41) is 0. The van der Waals surface area contributed by atoms with E-state index in [1.807, 2.05) is 0 Å². The highest BCUT2D eigenvalue weighted by molar-refractivity contribution is 5.92. The zero-order chi connectivity index (χ0) is 18.6. The van der Waals surface area contributed by atoms with Crippen LogP contribution in [-0.2, 0) is 38.0 Å². The molecule has 0 bridgehead atoms. The Bertz CT molecular complexity index is 368. The summed E-state index contributed by atoms with van der Waals surface area (Å²) in [6.45, 7) is 3.96. The molecule has 24 heavy (non-hydrogen) atoms. The summed E-state index contributed by atoms with van der Waals surface area (Å²) < 4.78 is 30.5. The van der Waals surface area contributed by atoms with Gasteiger partial charge in [0.05, 0.1) is 26.4 Å². The van der Waals surface area contributed by atoms with Gasteiger partial charge in [0.1, 0.15) is 0 Å². The molecule has 8 nitrogen and oxygen atoms in total. The van der Waals surface area contributed by atoms with E-state index in [4.69, 9.17) is 28.4 Å². The second kappa shape index (κ2) is 11.1. The van der Waals surface area contributed by atoms with Crippen molar-refractivity contribution in [3.63, 3.8) is 0 Å². The van der Waals surface area contributed by atoms with Gasteiger partial charge in [0.15, 0.2) is 11.2 Å². The zero-order valence-corrected chi connectivity index (χ0v) is 15.2. The minimum atomic E-state index is -0.949. The molecule has 0 saturated heterocycles. The Morgan fingerprint density at radius 2 is 0.917 bits per heavy atom. The van der Waals surface area contributed by atoms with Gasteiger partial charge in [0, 0.05) is 40.6 Å². The standard InChI is InChI=1S/C16H28O8/c1-15(9-19-3,10-20-4)23-13(17)7-8-14(18)24-16(2,11-21-5)12-22-6/h7-8H,9-12H2,1-6H3/b8-7-. The molecule has 0 atom stereocenters. The number of esters is 2. The second-order valence-corrected chi connectivity index (χ2v) is 5.81. The van der Waals surface area contributed by atoms with Crippen LogP contribution in [0.15, 0.2) is 12.2 Å². The molecule has 8 heteroatoms. The molecule has 0 aliphatic rings. The third kappa shape index (κ3) is 8.97. The van der Waals surface area contributed by atoms with Gasteiger partial charge < -0.3 is 28.4 Å². The van der Waals surface area contributed by atoms with E-state index in [1.165, 1.54) is 28.4 Å². The van der Waals surface area contributed by atoms with Gasteiger partial charge >= 0.3 is 11.9 Å². The van der Waals surface area contributed by atoms with Crippen LogP contribution in [0, 0.1) is 0 Å². The van der Waals surface area contributed by atoms with E-state index >= 15 is 0 Å². The maximum absolute atomic E-state index is 11.9. The van der Waals surface area contributed by atoms with Gasteiger partial charge in [-0.25, -0.2) is 9.59 Å². The van der Waals surface area contributed by atoms with Crippen LogP contribution in [0.25, 0.3) is 0 Å². The number of carbonyl (C=O) groups is 2. The van der Waals surface area contributed by atoms with Gasteiger partial charge in [-0.15, -0.1) is 0 Å².